The molecular formula is C22H29N3O4. The maximum absolute atomic E-state index is 12.8. The van der Waals surface area contributed by atoms with Gasteiger partial charge in [0.1, 0.15) is 5.75 Å². The van der Waals surface area contributed by atoms with Crippen LogP contribution in [0.25, 0.3) is 0 Å². The lowest BCUT2D eigenvalue weighted by Crippen LogP contribution is -2.42. The lowest BCUT2D eigenvalue weighted by molar-refractivity contribution is 0.173. The Bertz CT molecular complexity index is 841. The lowest BCUT2D eigenvalue weighted by Gasteiger charge is -2.28. The van der Waals surface area contributed by atoms with Crippen LogP contribution < -0.4 is 19.5 Å². The van der Waals surface area contributed by atoms with E-state index in [-0.39, 0.29) is 18.9 Å². The number of rotatable bonds is 8. The summed E-state index contributed by atoms with van der Waals surface area (Å²) in [6.45, 7) is 3.82. The molecule has 0 saturated carbocycles. The average Bonchev–Trinajstić information content (AvgIpc) is 3.19. The van der Waals surface area contributed by atoms with Gasteiger partial charge in [-0.3, -0.25) is 0 Å². The van der Waals surface area contributed by atoms with E-state index in [1.54, 1.807) is 12.0 Å². The number of methoxy groups -OCH3 is 1. The molecule has 3 rings (SSSR count). The first-order valence-electron chi connectivity index (χ1n) is 9.73. The lowest BCUT2D eigenvalue weighted by atomic mass is 10.1. The summed E-state index contributed by atoms with van der Waals surface area (Å²) in [6, 6.07) is 13.6. The highest BCUT2D eigenvalue weighted by molar-refractivity contribution is 5.74. The van der Waals surface area contributed by atoms with Crippen molar-refractivity contribution in [3.63, 3.8) is 0 Å². The van der Waals surface area contributed by atoms with E-state index in [4.69, 9.17) is 14.2 Å². The van der Waals surface area contributed by atoms with Crippen LogP contribution in [0.1, 0.15) is 24.1 Å². The number of likely N-dealkylation sites (N-methyl/N-ethyl adjacent to an activating group) is 1. The molecule has 1 atom stereocenters. The van der Waals surface area contributed by atoms with Crippen molar-refractivity contribution < 1.29 is 19.0 Å². The van der Waals surface area contributed by atoms with Gasteiger partial charge in [-0.1, -0.05) is 18.2 Å². The molecule has 1 aliphatic heterocycles. The highest BCUT2D eigenvalue weighted by atomic mass is 16.7. The molecule has 0 bridgehead atoms. The molecule has 156 valence electrons. The van der Waals surface area contributed by atoms with E-state index in [9.17, 15) is 4.79 Å². The van der Waals surface area contributed by atoms with E-state index < -0.39 is 0 Å². The number of amides is 2. The van der Waals surface area contributed by atoms with Gasteiger partial charge in [-0.15, -0.1) is 0 Å². The van der Waals surface area contributed by atoms with Crippen LogP contribution >= 0.6 is 0 Å². The van der Waals surface area contributed by atoms with Gasteiger partial charge in [0.2, 0.25) is 6.79 Å². The number of urea groups is 1. The number of fused-ring (bicyclic) bond motifs is 1. The molecule has 0 radical (unpaired) electrons. The molecular weight excluding hydrogens is 370 g/mol. The fourth-order valence-corrected chi connectivity index (χ4v) is 3.33. The molecule has 2 aromatic rings. The summed E-state index contributed by atoms with van der Waals surface area (Å²) in [5, 5.41) is 3.07. The zero-order valence-electron chi connectivity index (χ0n) is 17.5. The minimum atomic E-state index is -0.0973. The normalized spacial score (nSPS) is 13.3. The molecule has 1 unspecified atom stereocenters. The predicted molar refractivity (Wildman–Crippen MR) is 111 cm³/mol. The van der Waals surface area contributed by atoms with Gasteiger partial charge >= 0.3 is 6.03 Å². The quantitative estimate of drug-likeness (QED) is 0.738. The number of benzene rings is 2. The molecule has 1 heterocycles. The predicted octanol–water partition coefficient (Wildman–Crippen LogP) is 3.26. The van der Waals surface area contributed by atoms with Gasteiger partial charge in [0.15, 0.2) is 11.5 Å². The minimum absolute atomic E-state index is 0.0401. The van der Waals surface area contributed by atoms with Gasteiger partial charge in [-0.05, 0) is 56.4 Å². The Morgan fingerprint density at radius 1 is 1.17 bits per heavy atom. The van der Waals surface area contributed by atoms with Crippen LogP contribution in [0, 0.1) is 0 Å². The number of ether oxygens (including phenoxy) is 3. The Morgan fingerprint density at radius 3 is 2.69 bits per heavy atom. The summed E-state index contributed by atoms with van der Waals surface area (Å²) in [4.78, 5) is 16.7. The molecule has 0 aliphatic carbocycles. The Labute approximate surface area is 172 Å². The van der Waals surface area contributed by atoms with E-state index in [1.165, 1.54) is 0 Å². The Balaban J connectivity index is 1.63. The summed E-state index contributed by atoms with van der Waals surface area (Å²) in [6.07, 6.45) is 0. The summed E-state index contributed by atoms with van der Waals surface area (Å²) in [5.74, 6) is 2.27. The van der Waals surface area contributed by atoms with Crippen molar-refractivity contribution in [3.8, 4) is 17.2 Å². The number of hydrogen-bond donors (Lipinski definition) is 1. The second-order valence-corrected chi connectivity index (χ2v) is 7.14. The molecule has 7 heteroatoms. The minimum Gasteiger partial charge on any atom is -0.497 e. The zero-order chi connectivity index (χ0) is 20.8. The van der Waals surface area contributed by atoms with Gasteiger partial charge < -0.3 is 29.3 Å². The van der Waals surface area contributed by atoms with Crippen LogP contribution in [-0.2, 0) is 6.54 Å². The molecule has 0 fully saturated rings. The van der Waals surface area contributed by atoms with Crippen molar-refractivity contribution in [1.29, 1.82) is 0 Å². The van der Waals surface area contributed by atoms with Crippen LogP contribution in [0.2, 0.25) is 0 Å². The Kier molecular flexibility index (Phi) is 6.82. The topological polar surface area (TPSA) is 63.3 Å². The molecule has 1 N–H and O–H groups in total. The second-order valence-electron chi connectivity index (χ2n) is 7.14. The van der Waals surface area contributed by atoms with Gasteiger partial charge in [-0.25, -0.2) is 4.79 Å². The monoisotopic (exact) mass is 399 g/mol. The highest BCUT2D eigenvalue weighted by Gasteiger charge is 2.19. The van der Waals surface area contributed by atoms with Crippen molar-refractivity contribution >= 4 is 6.03 Å². The van der Waals surface area contributed by atoms with E-state index in [1.807, 2.05) is 63.5 Å². The van der Waals surface area contributed by atoms with E-state index in [2.05, 4.69) is 10.2 Å². The van der Waals surface area contributed by atoms with Crippen LogP contribution in [0.5, 0.6) is 17.2 Å². The van der Waals surface area contributed by atoms with Gasteiger partial charge in [-0.2, -0.15) is 0 Å². The maximum atomic E-state index is 12.8. The van der Waals surface area contributed by atoms with Crippen molar-refractivity contribution in [2.45, 2.75) is 19.5 Å². The number of nitrogens with one attached hydrogen (secondary N) is 1. The second kappa shape index (κ2) is 9.52. The molecule has 2 amide bonds. The van der Waals surface area contributed by atoms with Gasteiger partial charge in [0.25, 0.3) is 0 Å². The Morgan fingerprint density at radius 2 is 1.97 bits per heavy atom. The van der Waals surface area contributed by atoms with E-state index in [0.717, 1.165) is 28.4 Å². The molecule has 0 spiro atoms. The van der Waals surface area contributed by atoms with Crippen LogP contribution in [-0.4, -0.2) is 56.9 Å². The SMILES string of the molecule is CCN(Cc1ccc2c(c1)OCO2)C(=O)NCC(c1cccc(OC)c1)N(C)C. The maximum Gasteiger partial charge on any atom is 0.317 e. The molecule has 7 nitrogen and oxygen atoms in total. The zero-order valence-corrected chi connectivity index (χ0v) is 17.5. The highest BCUT2D eigenvalue weighted by Crippen LogP contribution is 2.32. The fourth-order valence-electron chi connectivity index (χ4n) is 3.33. The summed E-state index contributed by atoms with van der Waals surface area (Å²) >= 11 is 0. The smallest absolute Gasteiger partial charge is 0.317 e. The average molecular weight is 399 g/mol. The van der Waals surface area contributed by atoms with Crippen molar-refractivity contribution in [2.75, 3.05) is 41.1 Å². The third-order valence-electron chi connectivity index (χ3n) is 5.03. The standard InChI is InChI=1S/C22H29N3O4/c1-5-25(14-16-9-10-20-21(11-16)29-15-28-20)22(26)23-13-19(24(2)3)17-7-6-8-18(12-17)27-4/h6-12,19H,5,13-15H2,1-4H3,(H,23,26). The first-order valence-corrected chi connectivity index (χ1v) is 9.73. The van der Waals surface area contributed by atoms with Gasteiger partial charge in [0.05, 0.1) is 13.2 Å². The fraction of sp³-hybridized carbons (Fsp3) is 0.409. The summed E-state index contributed by atoms with van der Waals surface area (Å²) < 4.78 is 16.1. The first kappa shape index (κ1) is 20.8. The summed E-state index contributed by atoms with van der Waals surface area (Å²) in [5.41, 5.74) is 2.09. The van der Waals surface area contributed by atoms with Crippen LogP contribution in [0.4, 0.5) is 4.79 Å². The number of hydrogen-bond acceptors (Lipinski definition) is 5. The van der Waals surface area contributed by atoms with E-state index >= 15 is 0 Å². The van der Waals surface area contributed by atoms with E-state index in [0.29, 0.717) is 19.6 Å². The first-order chi connectivity index (χ1) is 14.0. The number of nitrogens with zero attached hydrogens (tertiary/aromatic N) is 2. The third-order valence-corrected chi connectivity index (χ3v) is 5.03. The molecule has 29 heavy (non-hydrogen) atoms. The van der Waals surface area contributed by atoms with Crippen molar-refractivity contribution in [2.24, 2.45) is 0 Å². The molecule has 2 aromatic carbocycles. The Hall–Kier alpha value is -2.93. The number of carbonyl (C=O) groups excluding carboxylic acids is 1. The van der Waals surface area contributed by atoms with Crippen LogP contribution in [0.3, 0.4) is 0 Å². The van der Waals surface area contributed by atoms with Gasteiger partial charge in [0, 0.05) is 19.6 Å². The van der Waals surface area contributed by atoms with Crippen LogP contribution in [0.15, 0.2) is 42.5 Å². The van der Waals surface area contributed by atoms with Crippen molar-refractivity contribution in [3.05, 3.63) is 53.6 Å². The van der Waals surface area contributed by atoms with Crippen molar-refractivity contribution in [1.82, 2.24) is 15.1 Å². The molecule has 0 aromatic heterocycles. The molecule has 0 saturated heterocycles. The molecule has 1 aliphatic rings. The largest absolute Gasteiger partial charge is 0.497 e. The third kappa shape index (κ3) is 5.12. The summed E-state index contributed by atoms with van der Waals surface area (Å²) in [7, 11) is 5.65. The number of carbonyl (C=O) groups is 1.